The van der Waals surface area contributed by atoms with Crippen molar-refractivity contribution in [3.63, 3.8) is 0 Å². The van der Waals surface area contributed by atoms with E-state index in [1.807, 2.05) is 20.8 Å². The lowest BCUT2D eigenvalue weighted by atomic mass is 9.63. The molecule has 0 spiro atoms. The number of imide groups is 1. The fourth-order valence-corrected chi connectivity index (χ4v) is 3.95. The van der Waals surface area contributed by atoms with E-state index in [1.54, 1.807) is 0 Å². The number of hydrazine groups is 1. The molecule has 2 atom stereocenters. The number of rotatable bonds is 2. The van der Waals surface area contributed by atoms with E-state index in [0.717, 1.165) is 5.01 Å². The van der Waals surface area contributed by atoms with E-state index in [0.29, 0.717) is 12.8 Å². The van der Waals surface area contributed by atoms with Crippen molar-refractivity contribution < 1.29 is 19.5 Å². The molecule has 0 radical (unpaired) electrons. The molecule has 24 heavy (non-hydrogen) atoms. The Kier molecular flexibility index (Phi) is 3.64. The second-order valence-electron chi connectivity index (χ2n) is 7.23. The molecule has 7 heteroatoms. The van der Waals surface area contributed by atoms with Crippen molar-refractivity contribution in [3.05, 3.63) is 28.8 Å². The highest BCUT2D eigenvalue weighted by Crippen LogP contribution is 2.59. The van der Waals surface area contributed by atoms with Crippen molar-refractivity contribution in [1.82, 2.24) is 10.4 Å². The summed E-state index contributed by atoms with van der Waals surface area (Å²) in [5, 5.41) is 10.9. The molecule has 1 saturated heterocycles. The van der Waals surface area contributed by atoms with Crippen molar-refractivity contribution in [3.8, 4) is 5.75 Å². The van der Waals surface area contributed by atoms with Gasteiger partial charge in [0.1, 0.15) is 5.75 Å². The number of hydrogen-bond acceptors (Lipinski definition) is 4. The molecular formula is C17H19ClN2O4. The van der Waals surface area contributed by atoms with Gasteiger partial charge in [-0.05, 0) is 36.5 Å². The van der Waals surface area contributed by atoms with Crippen LogP contribution in [0.3, 0.4) is 0 Å². The molecule has 2 bridgehead atoms. The Morgan fingerprint density at radius 2 is 2.00 bits per heavy atom. The lowest BCUT2D eigenvalue weighted by Gasteiger charge is -2.47. The Hall–Kier alpha value is -2.08. The van der Waals surface area contributed by atoms with Crippen LogP contribution in [-0.4, -0.2) is 27.8 Å². The van der Waals surface area contributed by atoms with Crippen LogP contribution in [0.5, 0.6) is 5.75 Å². The lowest BCUT2D eigenvalue weighted by molar-refractivity contribution is -0.171. The summed E-state index contributed by atoms with van der Waals surface area (Å²) in [5.41, 5.74) is 1.08. The molecule has 0 unspecified atom stereocenters. The van der Waals surface area contributed by atoms with Gasteiger partial charge in [0.25, 0.3) is 17.7 Å². The van der Waals surface area contributed by atoms with Crippen LogP contribution in [0.2, 0.25) is 5.02 Å². The molecular weight excluding hydrogens is 332 g/mol. The predicted octanol–water partition coefficient (Wildman–Crippen LogP) is 2.50. The van der Waals surface area contributed by atoms with Crippen LogP contribution in [0.25, 0.3) is 0 Å². The van der Waals surface area contributed by atoms with Gasteiger partial charge < -0.3 is 5.11 Å². The van der Waals surface area contributed by atoms with Gasteiger partial charge in [0.2, 0.25) is 0 Å². The van der Waals surface area contributed by atoms with Crippen molar-refractivity contribution >= 4 is 29.3 Å². The van der Waals surface area contributed by atoms with Gasteiger partial charge in [-0.1, -0.05) is 32.4 Å². The number of piperidine rings is 1. The van der Waals surface area contributed by atoms with Gasteiger partial charge in [0.15, 0.2) is 0 Å². The van der Waals surface area contributed by atoms with Gasteiger partial charge in [0, 0.05) is 10.9 Å². The van der Waals surface area contributed by atoms with Crippen LogP contribution in [0, 0.1) is 16.7 Å². The summed E-state index contributed by atoms with van der Waals surface area (Å²) in [7, 11) is 0. The third-order valence-corrected chi connectivity index (χ3v) is 6.07. The van der Waals surface area contributed by atoms with Crippen LogP contribution >= 0.6 is 11.6 Å². The van der Waals surface area contributed by atoms with Crippen molar-refractivity contribution in [2.75, 3.05) is 0 Å². The molecule has 1 aromatic rings. The van der Waals surface area contributed by atoms with Crippen LogP contribution in [0.4, 0.5) is 0 Å². The van der Waals surface area contributed by atoms with Crippen LogP contribution < -0.4 is 5.43 Å². The Balaban J connectivity index is 1.91. The van der Waals surface area contributed by atoms with Crippen molar-refractivity contribution in [2.24, 2.45) is 16.7 Å². The first-order valence-electron chi connectivity index (χ1n) is 7.77. The summed E-state index contributed by atoms with van der Waals surface area (Å²) in [6, 6.07) is 4.01. The van der Waals surface area contributed by atoms with Crippen molar-refractivity contribution in [1.29, 1.82) is 0 Å². The summed E-state index contributed by atoms with van der Waals surface area (Å²) in [4.78, 5) is 37.9. The fourth-order valence-electron chi connectivity index (χ4n) is 3.78. The number of carbonyl (C=O) groups is 3. The standard InChI is InChI=1S/C17H19ClN2O4/c1-16(2)11-6-7-17(16,3)15(24)20(14(11)23)19-13(22)10-8-9(18)4-5-12(10)21/h4-5,8,11,21H,6-7H2,1-3H3,(H,19,22)/t11-,17+/m1/s1. The van der Waals surface area contributed by atoms with Gasteiger partial charge >= 0.3 is 0 Å². The first kappa shape index (κ1) is 16.8. The molecule has 0 aromatic heterocycles. The molecule has 2 N–H and O–H groups in total. The predicted molar refractivity (Wildman–Crippen MR) is 87.0 cm³/mol. The van der Waals surface area contributed by atoms with E-state index in [-0.39, 0.29) is 22.3 Å². The highest BCUT2D eigenvalue weighted by molar-refractivity contribution is 6.31. The SMILES string of the molecule is CC1(C)[C@@H]2CC[C@@]1(C)C(=O)N(NC(=O)c1cc(Cl)ccc1O)C2=O. The summed E-state index contributed by atoms with van der Waals surface area (Å²) in [5.74, 6) is -2.17. The molecule has 1 aliphatic carbocycles. The van der Waals surface area contributed by atoms with Gasteiger partial charge in [-0.15, -0.1) is 0 Å². The maximum Gasteiger partial charge on any atom is 0.274 e. The molecule has 1 heterocycles. The number of benzene rings is 1. The molecule has 1 saturated carbocycles. The highest BCUT2D eigenvalue weighted by Gasteiger charge is 2.64. The van der Waals surface area contributed by atoms with Gasteiger partial charge in [-0.2, -0.15) is 5.01 Å². The van der Waals surface area contributed by atoms with Gasteiger partial charge in [-0.3, -0.25) is 19.8 Å². The fraction of sp³-hybridized carbons (Fsp3) is 0.471. The number of phenolic OH excluding ortho intramolecular Hbond substituents is 1. The van der Waals surface area contributed by atoms with E-state index in [1.165, 1.54) is 18.2 Å². The topological polar surface area (TPSA) is 86.7 Å². The van der Waals surface area contributed by atoms with E-state index in [9.17, 15) is 19.5 Å². The average Bonchev–Trinajstić information content (AvgIpc) is 2.70. The largest absolute Gasteiger partial charge is 0.507 e. The summed E-state index contributed by atoms with van der Waals surface area (Å²) in [6.45, 7) is 5.67. The Bertz CT molecular complexity index is 761. The minimum absolute atomic E-state index is 0.0922. The van der Waals surface area contributed by atoms with Gasteiger partial charge in [-0.25, -0.2) is 0 Å². The van der Waals surface area contributed by atoms with Crippen LogP contribution in [0.15, 0.2) is 18.2 Å². The number of fused-ring (bicyclic) bond motifs is 2. The number of aromatic hydroxyl groups is 1. The number of phenols is 1. The second kappa shape index (κ2) is 5.21. The second-order valence-corrected chi connectivity index (χ2v) is 7.66. The third-order valence-electron chi connectivity index (χ3n) is 5.84. The van der Waals surface area contributed by atoms with E-state index in [4.69, 9.17) is 11.6 Å². The molecule has 1 aliphatic heterocycles. The molecule has 1 aromatic carbocycles. The van der Waals surface area contributed by atoms with Crippen LogP contribution in [-0.2, 0) is 9.59 Å². The molecule has 128 valence electrons. The molecule has 3 rings (SSSR count). The zero-order chi connectivity index (χ0) is 17.9. The maximum atomic E-state index is 12.9. The first-order chi connectivity index (χ1) is 11.1. The summed E-state index contributed by atoms with van der Waals surface area (Å²) < 4.78 is 0. The summed E-state index contributed by atoms with van der Waals surface area (Å²) in [6.07, 6.45) is 1.22. The Labute approximate surface area is 144 Å². The highest BCUT2D eigenvalue weighted by atomic mass is 35.5. The van der Waals surface area contributed by atoms with Gasteiger partial charge in [0.05, 0.1) is 11.0 Å². The number of carbonyl (C=O) groups excluding carboxylic acids is 3. The quantitative estimate of drug-likeness (QED) is 0.802. The van der Waals surface area contributed by atoms with E-state index >= 15 is 0 Å². The first-order valence-corrected chi connectivity index (χ1v) is 8.15. The minimum Gasteiger partial charge on any atom is -0.507 e. The number of halogens is 1. The lowest BCUT2D eigenvalue weighted by Crippen LogP contribution is -2.63. The molecule has 2 aliphatic rings. The number of nitrogens with zero attached hydrogens (tertiary/aromatic N) is 1. The smallest absolute Gasteiger partial charge is 0.274 e. The summed E-state index contributed by atoms with van der Waals surface area (Å²) >= 11 is 5.84. The molecule has 2 fully saturated rings. The average molecular weight is 351 g/mol. The van der Waals surface area contributed by atoms with E-state index < -0.39 is 28.6 Å². The third kappa shape index (κ3) is 2.13. The zero-order valence-electron chi connectivity index (χ0n) is 13.7. The minimum atomic E-state index is -0.751. The van der Waals surface area contributed by atoms with E-state index in [2.05, 4.69) is 5.43 Å². The Morgan fingerprint density at radius 3 is 2.67 bits per heavy atom. The Morgan fingerprint density at radius 1 is 1.33 bits per heavy atom. The van der Waals surface area contributed by atoms with Crippen molar-refractivity contribution in [2.45, 2.75) is 33.6 Å². The number of nitrogens with one attached hydrogen (secondary N) is 1. The molecule has 6 nitrogen and oxygen atoms in total. The normalized spacial score (nSPS) is 28.2. The molecule has 3 amide bonds. The van der Waals surface area contributed by atoms with Crippen LogP contribution in [0.1, 0.15) is 44.0 Å². The maximum absolute atomic E-state index is 12.9. The monoisotopic (exact) mass is 350 g/mol. The number of hydrogen-bond donors (Lipinski definition) is 2. The number of amides is 3. The zero-order valence-corrected chi connectivity index (χ0v) is 14.5.